The lowest BCUT2D eigenvalue weighted by molar-refractivity contribution is -0.121. The number of sulfonamides is 1. The number of carbonyl (C=O) groups excluding carboxylic acids is 2. The number of hydrogen-bond donors (Lipinski definition) is 2. The van der Waals surface area contributed by atoms with Crippen molar-refractivity contribution in [3.63, 3.8) is 0 Å². The quantitative estimate of drug-likeness (QED) is 0.757. The summed E-state index contributed by atoms with van der Waals surface area (Å²) in [5.74, 6) is -1.67. The van der Waals surface area contributed by atoms with Crippen LogP contribution < -0.4 is 10.6 Å². The topological polar surface area (TPSA) is 95.6 Å². The van der Waals surface area contributed by atoms with E-state index in [0.717, 1.165) is 11.6 Å². The summed E-state index contributed by atoms with van der Waals surface area (Å²) >= 11 is 0. The van der Waals surface area contributed by atoms with E-state index in [1.54, 1.807) is 12.1 Å². The summed E-state index contributed by atoms with van der Waals surface area (Å²) in [5, 5.41) is 5.52. The Hall–Kier alpha value is -2.78. The van der Waals surface area contributed by atoms with Gasteiger partial charge >= 0.3 is 0 Å². The van der Waals surface area contributed by atoms with E-state index in [-0.39, 0.29) is 35.7 Å². The van der Waals surface area contributed by atoms with E-state index in [1.807, 2.05) is 13.0 Å². The maximum absolute atomic E-state index is 13.9. The number of hydrogen-bond acceptors (Lipinski definition) is 4. The number of amides is 2. The second kappa shape index (κ2) is 8.93. The Kier molecular flexibility index (Phi) is 6.52. The van der Waals surface area contributed by atoms with Crippen molar-refractivity contribution < 1.29 is 22.4 Å². The van der Waals surface area contributed by atoms with E-state index in [4.69, 9.17) is 0 Å². The molecule has 0 saturated carbocycles. The first-order valence-corrected chi connectivity index (χ1v) is 11.1. The second-order valence-electron chi connectivity index (χ2n) is 7.33. The van der Waals surface area contributed by atoms with Crippen molar-refractivity contribution in [3.05, 3.63) is 53.8 Å². The van der Waals surface area contributed by atoms with Crippen molar-refractivity contribution in [2.24, 2.45) is 5.92 Å². The van der Waals surface area contributed by atoms with E-state index in [2.05, 4.69) is 10.6 Å². The van der Waals surface area contributed by atoms with Crippen LogP contribution in [0.25, 0.3) is 0 Å². The average Bonchev–Trinajstić information content (AvgIpc) is 2.70. The molecule has 0 aliphatic carbocycles. The average molecular weight is 434 g/mol. The Balaban J connectivity index is 1.67. The molecule has 30 heavy (non-hydrogen) atoms. The van der Waals surface area contributed by atoms with Crippen LogP contribution in [-0.2, 0) is 19.6 Å². The molecule has 0 aromatic heterocycles. The Morgan fingerprint density at radius 1 is 1.03 bits per heavy atom. The molecule has 1 heterocycles. The van der Waals surface area contributed by atoms with Crippen LogP contribution in [0.2, 0.25) is 0 Å². The van der Waals surface area contributed by atoms with E-state index < -0.39 is 15.8 Å². The summed E-state index contributed by atoms with van der Waals surface area (Å²) in [6.07, 6.45) is 0.640. The number of halogens is 1. The number of carbonyl (C=O) groups is 2. The summed E-state index contributed by atoms with van der Waals surface area (Å²) < 4.78 is 40.6. The van der Waals surface area contributed by atoms with Gasteiger partial charge in [0.2, 0.25) is 21.8 Å². The minimum Gasteiger partial charge on any atom is -0.325 e. The van der Waals surface area contributed by atoms with Gasteiger partial charge in [0.1, 0.15) is 10.7 Å². The molecule has 160 valence electrons. The Morgan fingerprint density at radius 3 is 2.33 bits per heavy atom. The predicted molar refractivity (Wildman–Crippen MR) is 112 cm³/mol. The highest BCUT2D eigenvalue weighted by Gasteiger charge is 2.33. The van der Waals surface area contributed by atoms with Gasteiger partial charge < -0.3 is 10.6 Å². The van der Waals surface area contributed by atoms with Gasteiger partial charge in [-0.3, -0.25) is 9.59 Å². The van der Waals surface area contributed by atoms with Gasteiger partial charge in [0.25, 0.3) is 0 Å². The normalized spacial score (nSPS) is 15.6. The zero-order chi connectivity index (χ0) is 21.9. The van der Waals surface area contributed by atoms with Gasteiger partial charge in [0.15, 0.2) is 0 Å². The second-order valence-corrected chi connectivity index (χ2v) is 9.23. The van der Waals surface area contributed by atoms with Crippen molar-refractivity contribution in [1.82, 2.24) is 4.31 Å². The van der Waals surface area contributed by atoms with Gasteiger partial charge in [-0.2, -0.15) is 4.31 Å². The van der Waals surface area contributed by atoms with Crippen LogP contribution in [0.5, 0.6) is 0 Å². The first-order valence-electron chi connectivity index (χ1n) is 9.62. The van der Waals surface area contributed by atoms with Crippen LogP contribution in [0.3, 0.4) is 0 Å². The summed E-state index contributed by atoms with van der Waals surface area (Å²) in [6, 6.07) is 10.6. The zero-order valence-corrected chi connectivity index (χ0v) is 17.6. The molecule has 0 unspecified atom stereocenters. The fourth-order valence-corrected chi connectivity index (χ4v) is 4.98. The third-order valence-corrected chi connectivity index (χ3v) is 6.95. The molecule has 9 heteroatoms. The van der Waals surface area contributed by atoms with E-state index in [1.165, 1.54) is 29.4 Å². The smallest absolute Gasteiger partial charge is 0.245 e. The summed E-state index contributed by atoms with van der Waals surface area (Å²) in [7, 11) is -3.95. The van der Waals surface area contributed by atoms with Gasteiger partial charge in [-0.05, 0) is 49.6 Å². The molecule has 2 aromatic carbocycles. The predicted octanol–water partition coefficient (Wildman–Crippen LogP) is 3.13. The zero-order valence-electron chi connectivity index (χ0n) is 16.8. The molecule has 0 atom stereocenters. The van der Waals surface area contributed by atoms with Gasteiger partial charge in [-0.25, -0.2) is 12.8 Å². The molecule has 0 spiro atoms. The largest absolute Gasteiger partial charge is 0.325 e. The SMILES string of the molecule is CC(=O)Nc1ccc(C)cc1NC(=O)C1CCN(S(=O)(=O)c2ccccc2F)CC1. The number of anilines is 2. The van der Waals surface area contributed by atoms with Crippen LogP contribution in [0.4, 0.5) is 15.8 Å². The summed E-state index contributed by atoms with van der Waals surface area (Å²) in [6.45, 7) is 3.51. The van der Waals surface area contributed by atoms with Crippen molar-refractivity contribution in [2.45, 2.75) is 31.6 Å². The lowest BCUT2D eigenvalue weighted by atomic mass is 9.97. The Morgan fingerprint density at radius 2 is 1.70 bits per heavy atom. The van der Waals surface area contributed by atoms with Crippen molar-refractivity contribution >= 4 is 33.2 Å². The molecule has 2 aromatic rings. The summed E-state index contributed by atoms with van der Waals surface area (Å²) in [5.41, 5.74) is 1.92. The lowest BCUT2D eigenvalue weighted by Crippen LogP contribution is -2.41. The molecular weight excluding hydrogens is 409 g/mol. The number of piperidine rings is 1. The third-order valence-electron chi connectivity index (χ3n) is 5.02. The number of benzene rings is 2. The molecule has 0 radical (unpaired) electrons. The highest BCUT2D eigenvalue weighted by molar-refractivity contribution is 7.89. The standard InChI is InChI=1S/C21H24FN3O4S/c1-14-7-8-18(23-15(2)26)19(13-14)24-21(27)16-9-11-25(12-10-16)30(28,29)20-6-4-3-5-17(20)22/h3-8,13,16H,9-12H2,1-2H3,(H,23,26)(H,24,27). The van der Waals surface area contributed by atoms with Crippen LogP contribution in [0, 0.1) is 18.7 Å². The number of aryl methyl sites for hydroxylation is 1. The maximum atomic E-state index is 13.9. The Labute approximate surface area is 175 Å². The van der Waals surface area contributed by atoms with Gasteiger partial charge in [-0.1, -0.05) is 18.2 Å². The van der Waals surface area contributed by atoms with E-state index in [9.17, 15) is 22.4 Å². The lowest BCUT2D eigenvalue weighted by Gasteiger charge is -2.30. The number of rotatable bonds is 5. The van der Waals surface area contributed by atoms with Crippen LogP contribution in [0.1, 0.15) is 25.3 Å². The van der Waals surface area contributed by atoms with Crippen molar-refractivity contribution in [1.29, 1.82) is 0 Å². The van der Waals surface area contributed by atoms with Crippen LogP contribution in [-0.4, -0.2) is 37.6 Å². The van der Waals surface area contributed by atoms with Crippen LogP contribution in [0.15, 0.2) is 47.4 Å². The fourth-order valence-electron chi connectivity index (χ4n) is 3.45. The molecular formula is C21H24FN3O4S. The summed E-state index contributed by atoms with van der Waals surface area (Å²) in [4.78, 5) is 23.8. The van der Waals surface area contributed by atoms with E-state index in [0.29, 0.717) is 24.2 Å². The molecule has 7 nitrogen and oxygen atoms in total. The molecule has 1 aliphatic rings. The fraction of sp³-hybridized carbons (Fsp3) is 0.333. The number of nitrogens with zero attached hydrogens (tertiary/aromatic N) is 1. The Bertz CT molecular complexity index is 1060. The van der Waals surface area contributed by atoms with Crippen LogP contribution >= 0.6 is 0 Å². The molecule has 3 rings (SSSR count). The monoisotopic (exact) mass is 433 g/mol. The molecule has 2 N–H and O–H groups in total. The third kappa shape index (κ3) is 4.85. The van der Waals surface area contributed by atoms with Gasteiger partial charge in [0.05, 0.1) is 11.4 Å². The van der Waals surface area contributed by atoms with Gasteiger partial charge in [0, 0.05) is 25.9 Å². The van der Waals surface area contributed by atoms with Gasteiger partial charge in [-0.15, -0.1) is 0 Å². The minimum absolute atomic E-state index is 0.126. The van der Waals surface area contributed by atoms with Crippen molar-refractivity contribution in [3.8, 4) is 0 Å². The molecule has 1 fully saturated rings. The molecule has 1 saturated heterocycles. The first-order chi connectivity index (χ1) is 14.2. The molecule has 0 bridgehead atoms. The molecule has 1 aliphatic heterocycles. The minimum atomic E-state index is -3.95. The highest BCUT2D eigenvalue weighted by Crippen LogP contribution is 2.28. The van der Waals surface area contributed by atoms with E-state index >= 15 is 0 Å². The van der Waals surface area contributed by atoms with Crippen molar-refractivity contribution in [2.75, 3.05) is 23.7 Å². The highest BCUT2D eigenvalue weighted by atomic mass is 32.2. The first kappa shape index (κ1) is 21.9. The molecule has 2 amide bonds. The maximum Gasteiger partial charge on any atom is 0.245 e. The number of nitrogens with one attached hydrogen (secondary N) is 2.